The summed E-state index contributed by atoms with van der Waals surface area (Å²) in [5, 5.41) is 8.27. The summed E-state index contributed by atoms with van der Waals surface area (Å²) in [6.45, 7) is -1.92. The summed E-state index contributed by atoms with van der Waals surface area (Å²) in [6.07, 6.45) is 0. The summed E-state index contributed by atoms with van der Waals surface area (Å²) < 4.78 is 42.1. The number of hydrogen-bond donors (Lipinski definition) is 1. The molecule has 1 rings (SSSR count). The fourth-order valence-electron chi connectivity index (χ4n) is 1.53. The van der Waals surface area contributed by atoms with E-state index in [1.165, 1.54) is 20.3 Å². The maximum absolute atomic E-state index is 14.0. The Kier molecular flexibility index (Phi) is 5.52. The van der Waals surface area contributed by atoms with Crippen LogP contribution in [0.25, 0.3) is 0 Å². The molecule has 0 saturated carbocycles. The third-order valence-electron chi connectivity index (χ3n) is 2.39. The fraction of sp³-hybridized carbons (Fsp3) is 0.417. The molecule has 1 aromatic carbocycles. The van der Waals surface area contributed by atoms with Crippen LogP contribution in [0.4, 0.5) is 8.78 Å². The van der Waals surface area contributed by atoms with Crippen LogP contribution < -0.4 is 9.47 Å². The Bertz CT molecular complexity index is 493. The molecule has 0 aliphatic rings. The van der Waals surface area contributed by atoms with Gasteiger partial charge in [-0.1, -0.05) is 11.6 Å². The Balaban J connectivity index is 3.04. The van der Waals surface area contributed by atoms with Crippen molar-refractivity contribution in [3.8, 4) is 11.5 Å². The fourth-order valence-corrected chi connectivity index (χ4v) is 1.85. The van der Waals surface area contributed by atoms with Crippen molar-refractivity contribution >= 4 is 17.6 Å². The lowest BCUT2D eigenvalue weighted by Gasteiger charge is -2.20. The highest BCUT2D eigenvalue weighted by Crippen LogP contribution is 2.43. The van der Waals surface area contributed by atoms with Gasteiger partial charge in [0.15, 0.2) is 5.75 Å². The molecule has 0 radical (unpaired) electrons. The molecule has 0 fully saturated rings. The van der Waals surface area contributed by atoms with Crippen LogP contribution in [0.3, 0.4) is 0 Å². The third kappa shape index (κ3) is 3.71. The normalized spacial score (nSPS) is 11.2. The number of ether oxygens (including phenoxy) is 3. The number of rotatable bonds is 7. The summed E-state index contributed by atoms with van der Waals surface area (Å²) in [6, 6.07) is 2.36. The van der Waals surface area contributed by atoms with Crippen molar-refractivity contribution < 1.29 is 32.9 Å². The zero-order valence-corrected chi connectivity index (χ0v) is 11.5. The molecule has 8 heteroatoms. The van der Waals surface area contributed by atoms with Crippen LogP contribution in [-0.4, -0.2) is 38.5 Å². The van der Waals surface area contributed by atoms with Crippen molar-refractivity contribution in [3.05, 3.63) is 22.7 Å². The summed E-state index contributed by atoms with van der Waals surface area (Å²) in [7, 11) is 2.53. The van der Waals surface area contributed by atoms with Crippen molar-refractivity contribution in [3.63, 3.8) is 0 Å². The lowest BCUT2D eigenvalue weighted by molar-refractivity contribution is -0.147. The van der Waals surface area contributed by atoms with E-state index in [4.69, 9.17) is 26.2 Å². The molecule has 0 amide bonds. The summed E-state index contributed by atoms with van der Waals surface area (Å²) in [4.78, 5) is 10.3. The summed E-state index contributed by atoms with van der Waals surface area (Å²) in [5.41, 5.74) is -0.504. The van der Waals surface area contributed by atoms with Gasteiger partial charge in [-0.2, -0.15) is 8.78 Å². The van der Waals surface area contributed by atoms with Crippen LogP contribution in [0, 0.1) is 0 Å². The number of carboxylic acid groups (broad SMARTS) is 1. The Morgan fingerprint density at radius 2 is 2.00 bits per heavy atom. The molecular formula is C12H13ClF2O5. The average molecular weight is 311 g/mol. The van der Waals surface area contributed by atoms with E-state index in [9.17, 15) is 13.6 Å². The first-order chi connectivity index (χ1) is 9.33. The largest absolute Gasteiger partial charge is 0.495 e. The van der Waals surface area contributed by atoms with Crippen molar-refractivity contribution in [2.45, 2.75) is 5.92 Å². The van der Waals surface area contributed by atoms with Gasteiger partial charge in [-0.15, -0.1) is 0 Å². The number of aliphatic carboxylic acids is 1. The number of carboxylic acids is 1. The molecule has 112 valence electrons. The van der Waals surface area contributed by atoms with Crippen molar-refractivity contribution in [1.82, 2.24) is 0 Å². The summed E-state index contributed by atoms with van der Waals surface area (Å²) >= 11 is 5.89. The monoisotopic (exact) mass is 310 g/mol. The van der Waals surface area contributed by atoms with Gasteiger partial charge in [0, 0.05) is 0 Å². The predicted octanol–water partition coefficient (Wildman–Crippen LogP) is 2.55. The minimum atomic E-state index is -3.45. The first-order valence-electron chi connectivity index (χ1n) is 5.41. The van der Waals surface area contributed by atoms with Gasteiger partial charge in [-0.3, -0.25) is 0 Å². The van der Waals surface area contributed by atoms with Gasteiger partial charge in [0.25, 0.3) is 5.92 Å². The first kappa shape index (κ1) is 16.5. The summed E-state index contributed by atoms with van der Waals surface area (Å²) in [5.74, 6) is -4.83. The zero-order valence-electron chi connectivity index (χ0n) is 10.8. The van der Waals surface area contributed by atoms with E-state index in [-0.39, 0.29) is 16.5 Å². The van der Waals surface area contributed by atoms with E-state index >= 15 is 0 Å². The Morgan fingerprint density at radius 3 is 2.50 bits per heavy atom. The number of methoxy groups -OCH3 is 2. The molecule has 5 nitrogen and oxygen atoms in total. The van der Waals surface area contributed by atoms with Crippen molar-refractivity contribution in [2.75, 3.05) is 27.4 Å². The molecule has 1 aromatic rings. The molecule has 1 N–H and O–H groups in total. The van der Waals surface area contributed by atoms with E-state index in [1.54, 1.807) is 0 Å². The molecule has 0 saturated heterocycles. The van der Waals surface area contributed by atoms with E-state index in [0.29, 0.717) is 0 Å². The molecule has 0 spiro atoms. The first-order valence-corrected chi connectivity index (χ1v) is 5.79. The van der Waals surface area contributed by atoms with Crippen molar-refractivity contribution in [1.29, 1.82) is 0 Å². The highest BCUT2D eigenvalue weighted by atomic mass is 35.5. The predicted molar refractivity (Wildman–Crippen MR) is 66.9 cm³/mol. The molecule has 0 aliphatic heterocycles. The van der Waals surface area contributed by atoms with Crippen LogP contribution >= 0.6 is 11.6 Å². The average Bonchev–Trinajstić information content (AvgIpc) is 2.37. The molecule has 0 aromatic heterocycles. The van der Waals surface area contributed by atoms with Crippen LogP contribution in [0.2, 0.25) is 5.02 Å². The third-order valence-corrected chi connectivity index (χ3v) is 2.75. The number of carbonyl (C=O) groups is 1. The van der Waals surface area contributed by atoms with E-state index in [0.717, 1.165) is 6.07 Å². The van der Waals surface area contributed by atoms with Gasteiger partial charge >= 0.3 is 5.97 Å². The molecule has 20 heavy (non-hydrogen) atoms. The second-order valence-electron chi connectivity index (χ2n) is 3.75. The standard InChI is InChI=1S/C12H13ClF2O5/c1-18-8-4-3-7(11(19-2)10(8)13)12(14,15)6-20-5-9(16)17/h3-4H,5-6H2,1-2H3,(H,16,17). The van der Waals surface area contributed by atoms with E-state index in [2.05, 4.69) is 4.74 Å². The Morgan fingerprint density at radius 1 is 1.35 bits per heavy atom. The highest BCUT2D eigenvalue weighted by molar-refractivity contribution is 6.33. The maximum Gasteiger partial charge on any atom is 0.329 e. The quantitative estimate of drug-likeness (QED) is 0.838. The van der Waals surface area contributed by atoms with E-state index < -0.39 is 30.7 Å². The Labute approximate surface area is 119 Å². The topological polar surface area (TPSA) is 65.0 Å². The lowest BCUT2D eigenvalue weighted by Crippen LogP contribution is -2.24. The van der Waals surface area contributed by atoms with Crippen LogP contribution in [0.1, 0.15) is 5.56 Å². The van der Waals surface area contributed by atoms with Crippen LogP contribution in [0.15, 0.2) is 12.1 Å². The minimum absolute atomic E-state index is 0.0922. The van der Waals surface area contributed by atoms with E-state index in [1.807, 2.05) is 0 Å². The van der Waals surface area contributed by atoms with Gasteiger partial charge in [0.2, 0.25) is 0 Å². The number of alkyl halides is 2. The molecule has 0 unspecified atom stereocenters. The van der Waals surface area contributed by atoms with Gasteiger partial charge in [-0.25, -0.2) is 4.79 Å². The Hall–Kier alpha value is -1.60. The van der Waals surface area contributed by atoms with Gasteiger partial charge in [-0.05, 0) is 12.1 Å². The van der Waals surface area contributed by atoms with Crippen molar-refractivity contribution in [2.24, 2.45) is 0 Å². The zero-order chi connectivity index (χ0) is 15.3. The second-order valence-corrected chi connectivity index (χ2v) is 4.13. The molecule has 0 atom stereocenters. The van der Waals surface area contributed by atoms with Crippen LogP contribution in [-0.2, 0) is 15.5 Å². The van der Waals surface area contributed by atoms with Gasteiger partial charge in [0.1, 0.15) is 24.0 Å². The second kappa shape index (κ2) is 6.71. The smallest absolute Gasteiger partial charge is 0.329 e. The maximum atomic E-state index is 14.0. The number of halogens is 3. The highest BCUT2D eigenvalue weighted by Gasteiger charge is 2.37. The lowest BCUT2D eigenvalue weighted by atomic mass is 10.1. The number of hydrogen-bond acceptors (Lipinski definition) is 4. The molecular weight excluding hydrogens is 298 g/mol. The molecule has 0 bridgehead atoms. The van der Waals surface area contributed by atoms with Gasteiger partial charge < -0.3 is 19.3 Å². The van der Waals surface area contributed by atoms with Gasteiger partial charge in [0.05, 0.1) is 19.8 Å². The number of benzene rings is 1. The van der Waals surface area contributed by atoms with Crippen LogP contribution in [0.5, 0.6) is 11.5 Å². The molecule has 0 aliphatic carbocycles. The SMILES string of the molecule is COc1ccc(C(F)(F)COCC(=O)O)c(OC)c1Cl. The minimum Gasteiger partial charge on any atom is -0.495 e. The molecule has 0 heterocycles.